The van der Waals surface area contributed by atoms with Crippen LogP contribution in [0.25, 0.3) is 84.5 Å². The molecule has 0 saturated carbocycles. The molecule has 0 aliphatic carbocycles. The maximum absolute atomic E-state index is 2.45. The van der Waals surface area contributed by atoms with E-state index in [0.717, 1.165) is 17.1 Å². The lowest BCUT2D eigenvalue weighted by molar-refractivity contribution is 1.28. The number of thiophene rings is 2. The van der Waals surface area contributed by atoms with Crippen LogP contribution in [0.3, 0.4) is 0 Å². The van der Waals surface area contributed by atoms with E-state index in [-0.39, 0.29) is 0 Å². The van der Waals surface area contributed by atoms with Crippen molar-refractivity contribution in [2.75, 3.05) is 4.90 Å². The van der Waals surface area contributed by atoms with Gasteiger partial charge in [0.25, 0.3) is 0 Å². The van der Waals surface area contributed by atoms with Gasteiger partial charge < -0.3 is 4.90 Å². The van der Waals surface area contributed by atoms with Gasteiger partial charge in [0, 0.05) is 57.3 Å². The second kappa shape index (κ2) is 13.1. The highest BCUT2D eigenvalue weighted by Crippen LogP contribution is 2.45. The second-order valence-electron chi connectivity index (χ2n) is 14.1. The first-order chi connectivity index (χ1) is 27.2. The number of hydrogen-bond acceptors (Lipinski definition) is 3. The molecule has 0 amide bonds. The van der Waals surface area contributed by atoms with Crippen LogP contribution in [0.5, 0.6) is 0 Å². The molecule has 0 fully saturated rings. The van der Waals surface area contributed by atoms with Gasteiger partial charge in [0.15, 0.2) is 0 Å². The minimum atomic E-state index is 1.11. The van der Waals surface area contributed by atoms with E-state index < -0.39 is 0 Å². The summed E-state index contributed by atoms with van der Waals surface area (Å²) in [4.78, 5) is 2.45. The van der Waals surface area contributed by atoms with Gasteiger partial charge in [-0.3, -0.25) is 0 Å². The molecule has 0 aliphatic rings. The lowest BCUT2D eigenvalue weighted by Crippen LogP contribution is -2.11. The summed E-state index contributed by atoms with van der Waals surface area (Å²) in [6.07, 6.45) is 0. The average molecular weight is 736 g/mol. The Balaban J connectivity index is 1.11. The van der Waals surface area contributed by atoms with Crippen LogP contribution in [0.1, 0.15) is 0 Å². The summed E-state index contributed by atoms with van der Waals surface area (Å²) >= 11 is 3.72. The summed E-state index contributed by atoms with van der Waals surface area (Å²) in [5, 5.41) is 7.73. The van der Waals surface area contributed by atoms with Crippen molar-refractivity contribution in [3.8, 4) is 33.4 Å². The topological polar surface area (TPSA) is 3.24 Å². The molecular formula is C52H33NS2. The monoisotopic (exact) mass is 735 g/mol. The van der Waals surface area contributed by atoms with Crippen molar-refractivity contribution in [1.82, 2.24) is 0 Å². The van der Waals surface area contributed by atoms with Crippen molar-refractivity contribution in [3.05, 3.63) is 200 Å². The van der Waals surface area contributed by atoms with E-state index in [1.165, 1.54) is 84.5 Å². The van der Waals surface area contributed by atoms with Crippen LogP contribution in [0.2, 0.25) is 0 Å². The molecule has 0 bridgehead atoms. The standard InChI is InChI=1S/C52H33NS2/c1-2-18-41-34(12-1)13-11-22-42(41)37-15-10-17-40(31-37)53(39-16-9-14-35(30-39)36-26-28-51-46(32-36)44-20-4-7-24-49(44)54-51)48-23-6-3-19-43(48)38-27-29-52-47(33-38)45-21-5-8-25-50(45)55-52/h1-33H. The number of anilines is 3. The van der Waals surface area contributed by atoms with Gasteiger partial charge >= 0.3 is 0 Å². The van der Waals surface area contributed by atoms with Gasteiger partial charge in [-0.05, 0) is 105 Å². The van der Waals surface area contributed by atoms with E-state index in [1.54, 1.807) is 0 Å². The molecule has 258 valence electrons. The molecule has 11 rings (SSSR count). The van der Waals surface area contributed by atoms with Crippen LogP contribution in [0, 0.1) is 0 Å². The van der Waals surface area contributed by atoms with E-state index in [0.29, 0.717) is 0 Å². The first-order valence-corrected chi connectivity index (χ1v) is 20.3. The Morgan fingerprint density at radius 2 is 0.764 bits per heavy atom. The summed E-state index contributed by atoms with van der Waals surface area (Å²) in [6, 6.07) is 73.6. The fourth-order valence-electron chi connectivity index (χ4n) is 8.25. The number of nitrogens with zero attached hydrogens (tertiary/aromatic N) is 1. The zero-order valence-corrected chi connectivity index (χ0v) is 31.4. The highest BCUT2D eigenvalue weighted by Gasteiger charge is 2.20. The zero-order chi connectivity index (χ0) is 36.3. The van der Waals surface area contributed by atoms with Crippen LogP contribution in [-0.4, -0.2) is 0 Å². The zero-order valence-electron chi connectivity index (χ0n) is 29.8. The first kappa shape index (κ1) is 32.0. The predicted octanol–water partition coefficient (Wildman–Crippen LogP) is 16.0. The minimum Gasteiger partial charge on any atom is -0.310 e. The number of fused-ring (bicyclic) bond motifs is 7. The second-order valence-corrected chi connectivity index (χ2v) is 16.3. The smallest absolute Gasteiger partial charge is 0.0540 e. The van der Waals surface area contributed by atoms with Crippen molar-refractivity contribution in [3.63, 3.8) is 0 Å². The van der Waals surface area contributed by atoms with Gasteiger partial charge in [-0.25, -0.2) is 0 Å². The minimum absolute atomic E-state index is 1.11. The van der Waals surface area contributed by atoms with E-state index in [2.05, 4.69) is 205 Å². The molecule has 1 nitrogen and oxygen atoms in total. The molecule has 0 radical (unpaired) electrons. The third kappa shape index (κ3) is 5.51. The molecular weight excluding hydrogens is 703 g/mol. The summed E-state index contributed by atoms with van der Waals surface area (Å²) in [6.45, 7) is 0. The Kier molecular flexibility index (Phi) is 7.61. The van der Waals surface area contributed by atoms with Crippen molar-refractivity contribution in [2.45, 2.75) is 0 Å². The normalized spacial score (nSPS) is 11.6. The molecule has 2 heterocycles. The highest BCUT2D eigenvalue weighted by atomic mass is 32.1. The molecule has 55 heavy (non-hydrogen) atoms. The number of benzene rings is 9. The van der Waals surface area contributed by atoms with E-state index in [9.17, 15) is 0 Å². The average Bonchev–Trinajstić information content (AvgIpc) is 3.82. The predicted molar refractivity (Wildman–Crippen MR) is 241 cm³/mol. The molecule has 11 aromatic rings. The SMILES string of the molecule is c1cc(-c2ccc3sc4ccccc4c3c2)cc(N(c2cccc(-c3cccc4ccccc34)c2)c2ccccc2-c2ccc3sc4ccccc4c3c2)c1. The first-order valence-electron chi connectivity index (χ1n) is 18.7. The van der Waals surface area contributed by atoms with Gasteiger partial charge in [-0.2, -0.15) is 0 Å². The van der Waals surface area contributed by atoms with Gasteiger partial charge in [0.1, 0.15) is 0 Å². The van der Waals surface area contributed by atoms with Crippen molar-refractivity contribution < 1.29 is 0 Å². The summed E-state index contributed by atoms with van der Waals surface area (Å²) in [5.41, 5.74) is 10.6. The molecule has 0 aliphatic heterocycles. The lowest BCUT2D eigenvalue weighted by atomic mass is 9.96. The molecule has 9 aromatic carbocycles. The van der Waals surface area contributed by atoms with Crippen LogP contribution < -0.4 is 4.90 Å². The van der Waals surface area contributed by atoms with Gasteiger partial charge in [-0.15, -0.1) is 22.7 Å². The Bertz CT molecular complexity index is 3230. The third-order valence-electron chi connectivity index (χ3n) is 10.9. The van der Waals surface area contributed by atoms with Crippen molar-refractivity contribution in [2.24, 2.45) is 0 Å². The van der Waals surface area contributed by atoms with Crippen LogP contribution in [-0.2, 0) is 0 Å². The summed E-state index contributed by atoms with van der Waals surface area (Å²) in [5.74, 6) is 0. The third-order valence-corrected chi connectivity index (χ3v) is 13.2. The molecule has 3 heteroatoms. The fraction of sp³-hybridized carbons (Fsp3) is 0. The van der Waals surface area contributed by atoms with Gasteiger partial charge in [-0.1, -0.05) is 133 Å². The van der Waals surface area contributed by atoms with Crippen LogP contribution >= 0.6 is 22.7 Å². The van der Waals surface area contributed by atoms with E-state index >= 15 is 0 Å². The molecule has 2 aromatic heterocycles. The van der Waals surface area contributed by atoms with Crippen LogP contribution in [0.15, 0.2) is 200 Å². The van der Waals surface area contributed by atoms with Gasteiger partial charge in [0.05, 0.1) is 5.69 Å². The highest BCUT2D eigenvalue weighted by molar-refractivity contribution is 7.26. The van der Waals surface area contributed by atoms with Crippen molar-refractivity contribution >= 4 is 90.9 Å². The Hall–Kier alpha value is -6.52. The Labute approximate surface area is 327 Å². The number of hydrogen-bond donors (Lipinski definition) is 0. The van der Waals surface area contributed by atoms with Crippen LogP contribution in [0.4, 0.5) is 17.1 Å². The summed E-state index contributed by atoms with van der Waals surface area (Å²) in [7, 11) is 0. The number of para-hydroxylation sites is 1. The summed E-state index contributed by atoms with van der Waals surface area (Å²) < 4.78 is 5.27. The Morgan fingerprint density at radius 3 is 1.51 bits per heavy atom. The van der Waals surface area contributed by atoms with E-state index in [1.807, 2.05) is 22.7 Å². The Morgan fingerprint density at radius 1 is 0.291 bits per heavy atom. The van der Waals surface area contributed by atoms with E-state index in [4.69, 9.17) is 0 Å². The molecule has 0 spiro atoms. The quantitative estimate of drug-likeness (QED) is 0.164. The maximum atomic E-state index is 2.45. The largest absolute Gasteiger partial charge is 0.310 e. The number of rotatable bonds is 6. The molecule has 0 unspecified atom stereocenters. The molecule has 0 saturated heterocycles. The fourth-order valence-corrected chi connectivity index (χ4v) is 10.4. The molecule has 0 atom stereocenters. The lowest BCUT2D eigenvalue weighted by Gasteiger charge is -2.29. The molecule has 0 N–H and O–H groups in total. The van der Waals surface area contributed by atoms with Gasteiger partial charge in [0.2, 0.25) is 0 Å². The maximum Gasteiger partial charge on any atom is 0.0540 e. The van der Waals surface area contributed by atoms with Crippen molar-refractivity contribution in [1.29, 1.82) is 0 Å².